The molecule has 0 radical (unpaired) electrons. The molecule has 0 saturated carbocycles. The van der Waals surface area contributed by atoms with Gasteiger partial charge in [-0.25, -0.2) is 4.79 Å². The zero-order valence-electron chi connectivity index (χ0n) is 10.4. The van der Waals surface area contributed by atoms with Crippen LogP contribution in [0.2, 0.25) is 0 Å². The highest BCUT2D eigenvalue weighted by atomic mass is 32.2. The summed E-state index contributed by atoms with van der Waals surface area (Å²) in [5, 5.41) is 9.03. The molecule has 1 rings (SSSR count). The van der Waals surface area contributed by atoms with Crippen LogP contribution in [0.15, 0.2) is 0 Å². The first-order valence-corrected chi connectivity index (χ1v) is 7.91. The normalized spacial score (nSPS) is 21.1. The molecular formula is C11H17NO4S2. The number of carbonyl (C=O) groups is 3. The average Bonchev–Trinajstić information content (AvgIpc) is 2.59. The lowest BCUT2D eigenvalue weighted by atomic mass is 10.2. The topological polar surface area (TPSA) is 74.7 Å². The van der Waals surface area contributed by atoms with E-state index in [4.69, 9.17) is 5.11 Å². The zero-order valence-corrected chi connectivity index (χ0v) is 12.1. The largest absolute Gasteiger partial charge is 0.480 e. The van der Waals surface area contributed by atoms with Crippen LogP contribution in [0.25, 0.3) is 0 Å². The summed E-state index contributed by atoms with van der Waals surface area (Å²) in [5.41, 5.74) is 0. The fourth-order valence-electron chi connectivity index (χ4n) is 1.95. The monoisotopic (exact) mass is 291 g/mol. The predicted molar refractivity (Wildman–Crippen MR) is 72.8 cm³/mol. The van der Waals surface area contributed by atoms with Crippen molar-refractivity contribution in [2.75, 3.05) is 18.6 Å². The van der Waals surface area contributed by atoms with Crippen molar-refractivity contribution < 1.29 is 19.5 Å². The molecule has 0 aromatic rings. The van der Waals surface area contributed by atoms with Gasteiger partial charge in [0, 0.05) is 25.1 Å². The maximum absolute atomic E-state index is 11.8. The quantitative estimate of drug-likeness (QED) is 0.789. The van der Waals surface area contributed by atoms with Crippen molar-refractivity contribution in [1.29, 1.82) is 0 Å². The van der Waals surface area contributed by atoms with Gasteiger partial charge in [-0.15, -0.1) is 0 Å². The molecule has 1 heterocycles. The van der Waals surface area contributed by atoms with E-state index in [9.17, 15) is 14.4 Å². The molecule has 7 heteroatoms. The molecule has 1 saturated heterocycles. The Morgan fingerprint density at radius 2 is 2.22 bits per heavy atom. The van der Waals surface area contributed by atoms with E-state index in [1.807, 2.05) is 6.26 Å². The van der Waals surface area contributed by atoms with Crippen molar-refractivity contribution >= 4 is 40.5 Å². The molecule has 1 aliphatic heterocycles. The zero-order chi connectivity index (χ0) is 13.7. The lowest BCUT2D eigenvalue weighted by Gasteiger charge is -2.24. The van der Waals surface area contributed by atoms with Gasteiger partial charge in [0.1, 0.15) is 6.04 Å². The van der Waals surface area contributed by atoms with Gasteiger partial charge >= 0.3 is 5.97 Å². The first kappa shape index (κ1) is 15.4. The molecule has 0 aromatic heterocycles. The first-order chi connectivity index (χ1) is 8.45. The number of nitrogens with zero attached hydrogens (tertiary/aromatic N) is 1. The van der Waals surface area contributed by atoms with Crippen molar-refractivity contribution in [2.45, 2.75) is 31.1 Å². The Morgan fingerprint density at radius 3 is 2.72 bits per heavy atom. The molecule has 1 amide bonds. The Labute approximate surface area is 115 Å². The van der Waals surface area contributed by atoms with Crippen LogP contribution in [-0.4, -0.2) is 56.8 Å². The van der Waals surface area contributed by atoms with Gasteiger partial charge in [0.15, 0.2) is 5.12 Å². The molecule has 0 aromatic carbocycles. The SMILES string of the molecule is CSCCC(C(=O)O)N1CC(SC(C)=O)CC1=O. The fourth-order valence-corrected chi connectivity index (χ4v) is 3.34. The van der Waals surface area contributed by atoms with Crippen LogP contribution < -0.4 is 0 Å². The smallest absolute Gasteiger partial charge is 0.326 e. The van der Waals surface area contributed by atoms with E-state index >= 15 is 0 Å². The van der Waals surface area contributed by atoms with Gasteiger partial charge in [-0.1, -0.05) is 11.8 Å². The van der Waals surface area contributed by atoms with Gasteiger partial charge in [0.2, 0.25) is 5.91 Å². The average molecular weight is 291 g/mol. The molecular weight excluding hydrogens is 274 g/mol. The molecule has 102 valence electrons. The van der Waals surface area contributed by atoms with Crippen LogP contribution in [0.3, 0.4) is 0 Å². The number of carboxylic acid groups (broad SMARTS) is 1. The van der Waals surface area contributed by atoms with E-state index in [1.54, 1.807) is 11.8 Å². The number of carboxylic acids is 1. The van der Waals surface area contributed by atoms with Crippen molar-refractivity contribution in [1.82, 2.24) is 4.90 Å². The van der Waals surface area contributed by atoms with Crippen molar-refractivity contribution in [3.05, 3.63) is 0 Å². The maximum Gasteiger partial charge on any atom is 0.326 e. The Kier molecular flexibility index (Phi) is 6.01. The van der Waals surface area contributed by atoms with Gasteiger partial charge < -0.3 is 10.0 Å². The van der Waals surface area contributed by atoms with Gasteiger partial charge in [0.05, 0.1) is 0 Å². The lowest BCUT2D eigenvalue weighted by Crippen LogP contribution is -2.42. The van der Waals surface area contributed by atoms with Gasteiger partial charge in [-0.05, 0) is 18.4 Å². The standard InChI is InChI=1S/C11H17NO4S2/c1-7(13)18-8-5-10(14)12(6-8)9(11(15)16)3-4-17-2/h8-9H,3-6H2,1-2H3,(H,15,16). The molecule has 5 nitrogen and oxygen atoms in total. The van der Waals surface area contributed by atoms with E-state index in [0.717, 1.165) is 11.8 Å². The van der Waals surface area contributed by atoms with Crippen LogP contribution in [0, 0.1) is 0 Å². The molecule has 18 heavy (non-hydrogen) atoms. The highest BCUT2D eigenvalue weighted by Gasteiger charge is 2.38. The Morgan fingerprint density at radius 1 is 1.56 bits per heavy atom. The van der Waals surface area contributed by atoms with Crippen molar-refractivity contribution in [2.24, 2.45) is 0 Å². The maximum atomic E-state index is 11.8. The summed E-state index contributed by atoms with van der Waals surface area (Å²) >= 11 is 2.68. The van der Waals surface area contributed by atoms with Crippen LogP contribution in [0.1, 0.15) is 19.8 Å². The summed E-state index contributed by atoms with van der Waals surface area (Å²) in [5.74, 6) is -0.432. The van der Waals surface area contributed by atoms with E-state index in [-0.39, 0.29) is 22.7 Å². The second-order valence-corrected chi connectivity index (χ2v) is 6.58. The van der Waals surface area contributed by atoms with Gasteiger partial charge in [-0.2, -0.15) is 11.8 Å². The minimum Gasteiger partial charge on any atom is -0.480 e. The Bertz CT molecular complexity index is 348. The Balaban J connectivity index is 2.65. The van der Waals surface area contributed by atoms with E-state index in [2.05, 4.69) is 0 Å². The molecule has 1 fully saturated rings. The summed E-state index contributed by atoms with van der Waals surface area (Å²) in [6.07, 6.45) is 2.60. The van der Waals surface area contributed by atoms with E-state index < -0.39 is 12.0 Å². The number of hydrogen-bond acceptors (Lipinski definition) is 5. The van der Waals surface area contributed by atoms with Gasteiger partial charge in [0.25, 0.3) is 0 Å². The molecule has 2 unspecified atom stereocenters. The van der Waals surface area contributed by atoms with E-state index in [1.165, 1.54) is 11.8 Å². The predicted octanol–water partition coefficient (Wildman–Crippen LogP) is 1.07. The molecule has 0 aliphatic carbocycles. The summed E-state index contributed by atoms with van der Waals surface area (Å²) in [4.78, 5) is 35.4. The minimum atomic E-state index is -0.967. The van der Waals surface area contributed by atoms with Crippen LogP contribution in [0.5, 0.6) is 0 Å². The summed E-state index contributed by atoms with van der Waals surface area (Å²) in [6, 6.07) is -0.762. The number of hydrogen-bond donors (Lipinski definition) is 1. The number of carbonyl (C=O) groups excluding carboxylic acids is 2. The highest BCUT2D eigenvalue weighted by Crippen LogP contribution is 2.26. The third kappa shape index (κ3) is 4.20. The third-order valence-corrected chi connectivity index (χ3v) is 4.34. The van der Waals surface area contributed by atoms with Crippen LogP contribution >= 0.6 is 23.5 Å². The van der Waals surface area contributed by atoms with Crippen LogP contribution in [0.4, 0.5) is 0 Å². The third-order valence-electron chi connectivity index (χ3n) is 2.71. The molecule has 1 aliphatic rings. The summed E-state index contributed by atoms with van der Waals surface area (Å²) < 4.78 is 0. The van der Waals surface area contributed by atoms with Crippen molar-refractivity contribution in [3.8, 4) is 0 Å². The van der Waals surface area contributed by atoms with Crippen molar-refractivity contribution in [3.63, 3.8) is 0 Å². The molecule has 0 bridgehead atoms. The number of rotatable bonds is 6. The van der Waals surface area contributed by atoms with Crippen LogP contribution in [-0.2, 0) is 14.4 Å². The summed E-state index contributed by atoms with van der Waals surface area (Å²) in [7, 11) is 0. The fraction of sp³-hybridized carbons (Fsp3) is 0.727. The van der Waals surface area contributed by atoms with E-state index in [0.29, 0.717) is 18.7 Å². The second-order valence-electron chi connectivity index (χ2n) is 4.12. The number of aliphatic carboxylic acids is 1. The first-order valence-electron chi connectivity index (χ1n) is 5.64. The highest BCUT2D eigenvalue weighted by molar-refractivity contribution is 8.14. The number of likely N-dealkylation sites (tertiary alicyclic amines) is 1. The second kappa shape index (κ2) is 7.04. The minimum absolute atomic E-state index is 0.0364. The molecule has 0 spiro atoms. The van der Waals surface area contributed by atoms with Gasteiger partial charge in [-0.3, -0.25) is 9.59 Å². The molecule has 1 N–H and O–H groups in total. The number of amides is 1. The summed E-state index contributed by atoms with van der Waals surface area (Å²) in [6.45, 7) is 1.81. The molecule has 2 atom stereocenters. The lowest BCUT2D eigenvalue weighted by molar-refractivity contribution is -0.148. The number of thioether (sulfide) groups is 2. The Hall–Kier alpha value is -0.690.